The van der Waals surface area contributed by atoms with Crippen LogP contribution in [-0.2, 0) is 9.53 Å². The highest BCUT2D eigenvalue weighted by molar-refractivity contribution is 5.69. The third-order valence-electron chi connectivity index (χ3n) is 2.10. The van der Waals surface area contributed by atoms with Gasteiger partial charge in [0.25, 0.3) is 0 Å². The summed E-state index contributed by atoms with van der Waals surface area (Å²) in [6, 6.07) is 0. The minimum absolute atomic E-state index is 0.106. The maximum Gasteiger partial charge on any atom is 0.305 e. The molecule has 0 amide bonds. The average molecular weight is 201 g/mol. The molecule has 3 heteroatoms. The molecule has 3 nitrogen and oxygen atoms in total. The second-order valence-electron chi connectivity index (χ2n) is 3.53. The molecule has 2 N–H and O–H groups in total. The van der Waals surface area contributed by atoms with Gasteiger partial charge in [-0.05, 0) is 19.4 Å². The van der Waals surface area contributed by atoms with E-state index in [-0.39, 0.29) is 5.97 Å². The van der Waals surface area contributed by atoms with Crippen LogP contribution in [0, 0.1) is 0 Å². The molecule has 0 aliphatic heterocycles. The van der Waals surface area contributed by atoms with Gasteiger partial charge in [0.05, 0.1) is 6.61 Å². The first-order valence-electron chi connectivity index (χ1n) is 5.67. The van der Waals surface area contributed by atoms with Crippen molar-refractivity contribution in [2.45, 2.75) is 51.9 Å². The zero-order valence-corrected chi connectivity index (χ0v) is 9.26. The Morgan fingerprint density at radius 1 is 1.14 bits per heavy atom. The SMILES string of the molecule is CCCCCCCOC(=O)CCCN. The molecule has 0 spiro atoms. The summed E-state index contributed by atoms with van der Waals surface area (Å²) in [4.78, 5) is 11.0. The molecule has 0 radical (unpaired) electrons. The van der Waals surface area contributed by atoms with E-state index in [9.17, 15) is 4.79 Å². The minimum Gasteiger partial charge on any atom is -0.466 e. The first-order valence-corrected chi connectivity index (χ1v) is 5.67. The number of esters is 1. The van der Waals surface area contributed by atoms with Crippen molar-refractivity contribution in [1.29, 1.82) is 0 Å². The quantitative estimate of drug-likeness (QED) is 0.460. The third kappa shape index (κ3) is 9.52. The molecule has 0 fully saturated rings. The largest absolute Gasteiger partial charge is 0.466 e. The molecule has 0 unspecified atom stereocenters. The van der Waals surface area contributed by atoms with Gasteiger partial charge in [-0.15, -0.1) is 0 Å². The lowest BCUT2D eigenvalue weighted by Crippen LogP contribution is -2.08. The number of nitrogens with two attached hydrogens (primary N) is 1. The van der Waals surface area contributed by atoms with Gasteiger partial charge in [0.2, 0.25) is 0 Å². The lowest BCUT2D eigenvalue weighted by Gasteiger charge is -2.03. The van der Waals surface area contributed by atoms with E-state index in [0.717, 1.165) is 19.3 Å². The van der Waals surface area contributed by atoms with Crippen LogP contribution in [0.4, 0.5) is 0 Å². The van der Waals surface area contributed by atoms with Gasteiger partial charge in [0.15, 0.2) is 0 Å². The van der Waals surface area contributed by atoms with Gasteiger partial charge in [-0.25, -0.2) is 0 Å². The Bertz CT molecular complexity index is 137. The third-order valence-corrected chi connectivity index (χ3v) is 2.10. The second-order valence-corrected chi connectivity index (χ2v) is 3.53. The summed E-state index contributed by atoms with van der Waals surface area (Å²) in [5.41, 5.74) is 5.28. The van der Waals surface area contributed by atoms with E-state index in [4.69, 9.17) is 10.5 Å². The van der Waals surface area contributed by atoms with Crippen LogP contribution in [0.15, 0.2) is 0 Å². The molecule has 0 aromatic rings. The molecule has 0 bridgehead atoms. The highest BCUT2D eigenvalue weighted by Crippen LogP contribution is 2.02. The van der Waals surface area contributed by atoms with Gasteiger partial charge in [-0.1, -0.05) is 32.6 Å². The number of unbranched alkanes of at least 4 members (excludes halogenated alkanes) is 4. The average Bonchev–Trinajstić information content (AvgIpc) is 2.20. The smallest absolute Gasteiger partial charge is 0.305 e. The van der Waals surface area contributed by atoms with Crippen LogP contribution in [0.2, 0.25) is 0 Å². The highest BCUT2D eigenvalue weighted by Gasteiger charge is 2.00. The number of hydrogen-bond acceptors (Lipinski definition) is 3. The Hall–Kier alpha value is -0.570. The van der Waals surface area contributed by atoms with E-state index >= 15 is 0 Å². The normalized spacial score (nSPS) is 10.1. The second kappa shape index (κ2) is 10.5. The van der Waals surface area contributed by atoms with E-state index in [1.165, 1.54) is 19.3 Å². The molecule has 0 rings (SSSR count). The standard InChI is InChI=1S/C11H23NO2/c1-2-3-4-5-6-10-14-11(13)8-7-9-12/h2-10,12H2,1H3. The minimum atomic E-state index is -0.106. The predicted octanol–water partition coefficient (Wildman–Crippen LogP) is 2.24. The van der Waals surface area contributed by atoms with Crippen molar-refractivity contribution in [2.24, 2.45) is 5.73 Å². The maximum atomic E-state index is 11.0. The fourth-order valence-corrected chi connectivity index (χ4v) is 1.21. The Kier molecular flexibility index (Phi) is 10.1. The predicted molar refractivity (Wildman–Crippen MR) is 58.0 cm³/mol. The van der Waals surface area contributed by atoms with E-state index in [2.05, 4.69) is 6.92 Å². The highest BCUT2D eigenvalue weighted by atomic mass is 16.5. The zero-order valence-electron chi connectivity index (χ0n) is 9.26. The lowest BCUT2D eigenvalue weighted by atomic mass is 10.2. The first kappa shape index (κ1) is 13.4. The Balaban J connectivity index is 3.07. The number of rotatable bonds is 9. The first-order chi connectivity index (χ1) is 6.81. The zero-order chi connectivity index (χ0) is 10.6. The van der Waals surface area contributed by atoms with Crippen LogP contribution in [0.25, 0.3) is 0 Å². The van der Waals surface area contributed by atoms with Crippen LogP contribution in [0.3, 0.4) is 0 Å². The molecule has 84 valence electrons. The van der Waals surface area contributed by atoms with Crippen molar-refractivity contribution in [2.75, 3.05) is 13.2 Å². The fourth-order valence-electron chi connectivity index (χ4n) is 1.21. The molecular weight excluding hydrogens is 178 g/mol. The van der Waals surface area contributed by atoms with Gasteiger partial charge < -0.3 is 10.5 Å². The van der Waals surface area contributed by atoms with Gasteiger partial charge in [-0.2, -0.15) is 0 Å². The number of carbonyl (C=O) groups excluding carboxylic acids is 1. The molecule has 0 heterocycles. The molecule has 0 saturated carbocycles. The van der Waals surface area contributed by atoms with Gasteiger partial charge in [-0.3, -0.25) is 4.79 Å². The van der Waals surface area contributed by atoms with Gasteiger partial charge in [0.1, 0.15) is 0 Å². The Labute approximate surface area is 87.0 Å². The molecular formula is C11H23NO2. The van der Waals surface area contributed by atoms with E-state index in [1.807, 2.05) is 0 Å². The fraction of sp³-hybridized carbons (Fsp3) is 0.909. The lowest BCUT2D eigenvalue weighted by molar-refractivity contribution is -0.143. The number of carbonyl (C=O) groups is 1. The molecule has 0 atom stereocenters. The van der Waals surface area contributed by atoms with Crippen molar-refractivity contribution in [1.82, 2.24) is 0 Å². The Morgan fingerprint density at radius 3 is 2.50 bits per heavy atom. The van der Waals surface area contributed by atoms with Crippen LogP contribution < -0.4 is 5.73 Å². The van der Waals surface area contributed by atoms with Crippen molar-refractivity contribution in [3.8, 4) is 0 Å². The molecule has 0 aromatic carbocycles. The van der Waals surface area contributed by atoms with Crippen LogP contribution in [0.1, 0.15) is 51.9 Å². The molecule has 0 saturated heterocycles. The summed E-state index contributed by atoms with van der Waals surface area (Å²) >= 11 is 0. The number of hydrogen-bond donors (Lipinski definition) is 1. The molecule has 0 aliphatic rings. The van der Waals surface area contributed by atoms with Crippen molar-refractivity contribution in [3.63, 3.8) is 0 Å². The molecule has 14 heavy (non-hydrogen) atoms. The summed E-state index contributed by atoms with van der Waals surface area (Å²) in [5.74, 6) is -0.106. The van der Waals surface area contributed by atoms with Crippen LogP contribution >= 0.6 is 0 Å². The monoisotopic (exact) mass is 201 g/mol. The van der Waals surface area contributed by atoms with Crippen LogP contribution in [-0.4, -0.2) is 19.1 Å². The van der Waals surface area contributed by atoms with E-state index in [1.54, 1.807) is 0 Å². The summed E-state index contributed by atoms with van der Waals surface area (Å²) in [6.07, 6.45) is 7.13. The van der Waals surface area contributed by atoms with Crippen molar-refractivity contribution >= 4 is 5.97 Å². The van der Waals surface area contributed by atoms with Gasteiger partial charge in [0, 0.05) is 6.42 Å². The molecule has 0 aliphatic carbocycles. The molecule has 0 aromatic heterocycles. The Morgan fingerprint density at radius 2 is 1.86 bits per heavy atom. The maximum absolute atomic E-state index is 11.0. The van der Waals surface area contributed by atoms with E-state index < -0.39 is 0 Å². The van der Waals surface area contributed by atoms with Crippen LogP contribution in [0.5, 0.6) is 0 Å². The van der Waals surface area contributed by atoms with Crippen molar-refractivity contribution in [3.05, 3.63) is 0 Å². The van der Waals surface area contributed by atoms with E-state index in [0.29, 0.717) is 19.6 Å². The summed E-state index contributed by atoms with van der Waals surface area (Å²) in [7, 11) is 0. The number of ether oxygens (including phenoxy) is 1. The summed E-state index contributed by atoms with van der Waals surface area (Å²) in [5, 5.41) is 0. The summed E-state index contributed by atoms with van der Waals surface area (Å²) in [6.45, 7) is 3.32. The van der Waals surface area contributed by atoms with Crippen molar-refractivity contribution < 1.29 is 9.53 Å². The summed E-state index contributed by atoms with van der Waals surface area (Å²) < 4.78 is 5.03. The van der Waals surface area contributed by atoms with Gasteiger partial charge >= 0.3 is 5.97 Å². The topological polar surface area (TPSA) is 52.3 Å².